The number of benzene rings is 2. The third-order valence-corrected chi connectivity index (χ3v) is 7.01. The fourth-order valence-corrected chi connectivity index (χ4v) is 4.64. The van der Waals surface area contributed by atoms with Gasteiger partial charge in [0, 0.05) is 18.5 Å². The topological polar surface area (TPSA) is 75.7 Å². The van der Waals surface area contributed by atoms with Crippen LogP contribution in [0.1, 0.15) is 50.3 Å². The first-order valence-electron chi connectivity index (χ1n) is 10.3. The molecule has 1 aliphatic heterocycles. The summed E-state index contributed by atoms with van der Waals surface area (Å²) in [6.07, 6.45) is 3.44. The molecule has 0 aliphatic carbocycles. The van der Waals surface area contributed by atoms with E-state index in [0.29, 0.717) is 6.42 Å². The van der Waals surface area contributed by atoms with E-state index in [-0.39, 0.29) is 30.6 Å². The third kappa shape index (κ3) is 5.21. The molecular weight excluding hydrogens is 400 g/mol. The predicted octanol–water partition coefficient (Wildman–Crippen LogP) is 3.65. The van der Waals surface area contributed by atoms with Crippen LogP contribution in [0.15, 0.2) is 54.6 Å². The minimum atomic E-state index is -3.54. The Kier molecular flexibility index (Phi) is 6.83. The highest BCUT2D eigenvalue weighted by Gasteiger charge is 2.39. The predicted molar refractivity (Wildman–Crippen MR) is 118 cm³/mol. The highest BCUT2D eigenvalue weighted by Crippen LogP contribution is 2.42. The summed E-state index contributed by atoms with van der Waals surface area (Å²) in [5, 5.41) is 3.06. The Morgan fingerprint density at radius 3 is 2.37 bits per heavy atom. The third-order valence-electron chi connectivity index (χ3n) is 5.81. The zero-order valence-electron chi connectivity index (χ0n) is 17.8. The SMILES string of the molecule is CCC1(CC)C[C@H](NC(=O)CN(Cc2ccccc2)S(C)(=O)=O)c2ccccc2O1. The summed E-state index contributed by atoms with van der Waals surface area (Å²) < 4.78 is 32.1. The summed E-state index contributed by atoms with van der Waals surface area (Å²) in [6, 6.07) is 16.8. The van der Waals surface area contributed by atoms with E-state index in [0.717, 1.165) is 36.0 Å². The molecule has 0 saturated carbocycles. The summed E-state index contributed by atoms with van der Waals surface area (Å²) in [7, 11) is -3.54. The van der Waals surface area contributed by atoms with Crippen LogP contribution in [0.3, 0.4) is 0 Å². The van der Waals surface area contributed by atoms with E-state index in [2.05, 4.69) is 19.2 Å². The molecule has 1 N–H and O–H groups in total. The second-order valence-electron chi connectivity index (χ2n) is 7.87. The molecule has 0 aromatic heterocycles. The number of hydrogen-bond acceptors (Lipinski definition) is 4. The van der Waals surface area contributed by atoms with Gasteiger partial charge in [-0.2, -0.15) is 4.31 Å². The zero-order chi connectivity index (χ0) is 21.8. The summed E-state index contributed by atoms with van der Waals surface area (Å²) in [5.41, 5.74) is 1.42. The van der Waals surface area contributed by atoms with Crippen LogP contribution in [-0.4, -0.2) is 37.0 Å². The molecule has 3 rings (SSSR count). The number of nitrogens with one attached hydrogen (secondary N) is 1. The molecule has 1 amide bonds. The Bertz CT molecular complexity index is 972. The minimum Gasteiger partial charge on any atom is -0.487 e. The van der Waals surface area contributed by atoms with E-state index in [9.17, 15) is 13.2 Å². The molecule has 0 spiro atoms. The van der Waals surface area contributed by atoms with Crippen molar-refractivity contribution in [3.63, 3.8) is 0 Å². The average Bonchev–Trinajstić information content (AvgIpc) is 2.73. The molecule has 1 heterocycles. The first-order chi connectivity index (χ1) is 14.3. The lowest BCUT2D eigenvalue weighted by atomic mass is 9.83. The van der Waals surface area contributed by atoms with Crippen molar-refractivity contribution < 1.29 is 17.9 Å². The first kappa shape index (κ1) is 22.3. The van der Waals surface area contributed by atoms with Gasteiger partial charge in [-0.05, 0) is 24.5 Å². The van der Waals surface area contributed by atoms with Gasteiger partial charge in [-0.1, -0.05) is 62.4 Å². The van der Waals surface area contributed by atoms with Gasteiger partial charge in [0.2, 0.25) is 15.9 Å². The van der Waals surface area contributed by atoms with Crippen molar-refractivity contribution in [2.75, 3.05) is 12.8 Å². The van der Waals surface area contributed by atoms with E-state index in [4.69, 9.17) is 4.74 Å². The van der Waals surface area contributed by atoms with Gasteiger partial charge < -0.3 is 10.1 Å². The normalized spacial score (nSPS) is 17.8. The monoisotopic (exact) mass is 430 g/mol. The summed E-state index contributed by atoms with van der Waals surface area (Å²) in [4.78, 5) is 12.9. The Morgan fingerprint density at radius 2 is 1.73 bits per heavy atom. The van der Waals surface area contributed by atoms with Crippen LogP contribution >= 0.6 is 0 Å². The molecule has 162 valence electrons. The van der Waals surface area contributed by atoms with Crippen LogP contribution in [0.4, 0.5) is 0 Å². The van der Waals surface area contributed by atoms with Crippen molar-refractivity contribution in [2.24, 2.45) is 0 Å². The first-order valence-corrected chi connectivity index (χ1v) is 12.2. The Balaban J connectivity index is 1.78. The van der Waals surface area contributed by atoms with Gasteiger partial charge in [0.15, 0.2) is 0 Å². The maximum absolute atomic E-state index is 12.9. The molecule has 1 aliphatic rings. The number of carbonyl (C=O) groups excluding carboxylic acids is 1. The molecular formula is C23H30N2O4S. The quantitative estimate of drug-likeness (QED) is 0.694. The second-order valence-corrected chi connectivity index (χ2v) is 9.85. The number of hydrogen-bond donors (Lipinski definition) is 1. The molecule has 7 heteroatoms. The molecule has 0 radical (unpaired) electrons. The number of nitrogens with zero attached hydrogens (tertiary/aromatic N) is 1. The number of amides is 1. The summed E-state index contributed by atoms with van der Waals surface area (Å²) in [5.74, 6) is 0.459. The lowest BCUT2D eigenvalue weighted by Gasteiger charge is -2.41. The van der Waals surface area contributed by atoms with E-state index in [1.54, 1.807) is 0 Å². The summed E-state index contributed by atoms with van der Waals surface area (Å²) in [6.45, 7) is 4.10. The van der Waals surface area contributed by atoms with Gasteiger partial charge in [0.1, 0.15) is 11.4 Å². The van der Waals surface area contributed by atoms with Crippen LogP contribution in [-0.2, 0) is 21.4 Å². The van der Waals surface area contributed by atoms with Crippen molar-refractivity contribution in [3.8, 4) is 5.75 Å². The number of fused-ring (bicyclic) bond motifs is 1. The molecule has 1 atom stereocenters. The van der Waals surface area contributed by atoms with E-state index in [1.807, 2.05) is 54.6 Å². The molecule has 0 bridgehead atoms. The zero-order valence-corrected chi connectivity index (χ0v) is 18.6. The maximum atomic E-state index is 12.9. The van der Waals surface area contributed by atoms with Crippen LogP contribution in [0, 0.1) is 0 Å². The smallest absolute Gasteiger partial charge is 0.235 e. The van der Waals surface area contributed by atoms with Gasteiger partial charge in [0.05, 0.1) is 18.8 Å². The fraction of sp³-hybridized carbons (Fsp3) is 0.435. The molecule has 0 fully saturated rings. The van der Waals surface area contributed by atoms with Crippen LogP contribution < -0.4 is 10.1 Å². The van der Waals surface area contributed by atoms with Gasteiger partial charge >= 0.3 is 0 Å². The molecule has 6 nitrogen and oxygen atoms in total. The Labute approximate surface area is 179 Å². The van der Waals surface area contributed by atoms with E-state index < -0.39 is 10.0 Å². The van der Waals surface area contributed by atoms with Crippen molar-refractivity contribution >= 4 is 15.9 Å². The van der Waals surface area contributed by atoms with Gasteiger partial charge in [-0.15, -0.1) is 0 Å². The van der Waals surface area contributed by atoms with Gasteiger partial charge in [0.25, 0.3) is 0 Å². The number of para-hydroxylation sites is 1. The van der Waals surface area contributed by atoms with E-state index in [1.165, 1.54) is 4.31 Å². The van der Waals surface area contributed by atoms with Gasteiger partial charge in [-0.3, -0.25) is 4.79 Å². The number of sulfonamides is 1. The van der Waals surface area contributed by atoms with Crippen molar-refractivity contribution in [3.05, 3.63) is 65.7 Å². The lowest BCUT2D eigenvalue weighted by Crippen LogP contribution is -2.47. The number of ether oxygens (including phenoxy) is 1. The molecule has 0 unspecified atom stereocenters. The summed E-state index contributed by atoms with van der Waals surface area (Å²) >= 11 is 0. The van der Waals surface area contributed by atoms with E-state index >= 15 is 0 Å². The average molecular weight is 431 g/mol. The second kappa shape index (κ2) is 9.18. The number of rotatable bonds is 8. The van der Waals surface area contributed by atoms with Crippen LogP contribution in [0.5, 0.6) is 5.75 Å². The van der Waals surface area contributed by atoms with Crippen molar-refractivity contribution in [2.45, 2.75) is 51.3 Å². The fourth-order valence-electron chi connectivity index (χ4n) is 3.91. The van der Waals surface area contributed by atoms with Gasteiger partial charge in [-0.25, -0.2) is 8.42 Å². The van der Waals surface area contributed by atoms with Crippen LogP contribution in [0.2, 0.25) is 0 Å². The minimum absolute atomic E-state index is 0.158. The number of carbonyl (C=O) groups is 1. The molecule has 2 aromatic rings. The lowest BCUT2D eigenvalue weighted by molar-refractivity contribution is -0.122. The Hall–Kier alpha value is -2.38. The standard InChI is InChI=1S/C23H30N2O4S/c1-4-23(5-2)15-20(19-13-9-10-14-21(19)29-23)24-22(26)17-25(30(3,27)28)16-18-11-7-6-8-12-18/h6-14,20H,4-5,15-17H2,1-3H3,(H,24,26)/t20-/m0/s1. The molecule has 2 aromatic carbocycles. The molecule has 0 saturated heterocycles. The maximum Gasteiger partial charge on any atom is 0.235 e. The highest BCUT2D eigenvalue weighted by molar-refractivity contribution is 7.88. The van der Waals surface area contributed by atoms with Crippen molar-refractivity contribution in [1.29, 1.82) is 0 Å². The highest BCUT2D eigenvalue weighted by atomic mass is 32.2. The van der Waals surface area contributed by atoms with Crippen LogP contribution in [0.25, 0.3) is 0 Å². The van der Waals surface area contributed by atoms with Crippen molar-refractivity contribution in [1.82, 2.24) is 9.62 Å². The molecule has 30 heavy (non-hydrogen) atoms. The Morgan fingerprint density at radius 1 is 1.10 bits per heavy atom. The largest absolute Gasteiger partial charge is 0.487 e.